The third-order valence-electron chi connectivity index (χ3n) is 3.45. The lowest BCUT2D eigenvalue weighted by atomic mass is 10.1. The van der Waals surface area contributed by atoms with Crippen LogP contribution >= 0.6 is 11.6 Å². The first-order valence-corrected chi connectivity index (χ1v) is 6.54. The Hall–Kier alpha value is -1.74. The summed E-state index contributed by atoms with van der Waals surface area (Å²) >= 11 is 5.84. The Labute approximate surface area is 115 Å². The van der Waals surface area contributed by atoms with Gasteiger partial charge in [-0.25, -0.2) is 4.39 Å². The minimum atomic E-state index is -0.357. The standard InChI is InChI=1S/C15H13ClFNO/c16-9-6-10(17)8-11(7-9)18-14-5-4-13-12(14)2-1-3-15(13)19/h1-3,6-8,14,18-19H,4-5H2. The average molecular weight is 278 g/mol. The molecule has 0 saturated carbocycles. The van der Waals surface area contributed by atoms with Gasteiger partial charge in [-0.15, -0.1) is 0 Å². The first-order chi connectivity index (χ1) is 9.13. The molecule has 3 rings (SSSR count). The highest BCUT2D eigenvalue weighted by molar-refractivity contribution is 6.30. The van der Waals surface area contributed by atoms with E-state index in [-0.39, 0.29) is 11.9 Å². The van der Waals surface area contributed by atoms with Crippen molar-refractivity contribution >= 4 is 17.3 Å². The highest BCUT2D eigenvalue weighted by Crippen LogP contribution is 2.38. The van der Waals surface area contributed by atoms with Crippen LogP contribution in [0.3, 0.4) is 0 Å². The Balaban J connectivity index is 1.89. The van der Waals surface area contributed by atoms with Gasteiger partial charge in [-0.2, -0.15) is 0 Å². The molecule has 98 valence electrons. The summed E-state index contributed by atoms with van der Waals surface area (Å²) in [6, 6.07) is 9.99. The maximum atomic E-state index is 13.3. The molecule has 2 nitrogen and oxygen atoms in total. The van der Waals surface area contributed by atoms with Gasteiger partial charge in [0, 0.05) is 10.7 Å². The molecule has 0 aliphatic heterocycles. The molecule has 1 aliphatic carbocycles. The van der Waals surface area contributed by atoms with Crippen LogP contribution in [0, 0.1) is 5.82 Å². The molecule has 2 aromatic carbocycles. The van der Waals surface area contributed by atoms with E-state index >= 15 is 0 Å². The van der Waals surface area contributed by atoms with E-state index in [1.165, 1.54) is 12.1 Å². The fourth-order valence-corrected chi connectivity index (χ4v) is 2.85. The summed E-state index contributed by atoms with van der Waals surface area (Å²) in [6.07, 6.45) is 1.70. The van der Waals surface area contributed by atoms with E-state index in [1.54, 1.807) is 12.1 Å². The number of anilines is 1. The van der Waals surface area contributed by atoms with Gasteiger partial charge in [0.2, 0.25) is 0 Å². The van der Waals surface area contributed by atoms with Crippen molar-refractivity contribution in [2.75, 3.05) is 5.32 Å². The predicted molar refractivity (Wildman–Crippen MR) is 74.2 cm³/mol. The molecule has 0 amide bonds. The van der Waals surface area contributed by atoms with Crippen molar-refractivity contribution in [3.05, 3.63) is 58.4 Å². The molecule has 0 radical (unpaired) electrons. The monoisotopic (exact) mass is 277 g/mol. The highest BCUT2D eigenvalue weighted by Gasteiger charge is 2.24. The summed E-state index contributed by atoms with van der Waals surface area (Å²) in [5.41, 5.74) is 2.70. The van der Waals surface area contributed by atoms with Crippen LogP contribution in [0.4, 0.5) is 10.1 Å². The summed E-state index contributed by atoms with van der Waals surface area (Å²) in [6.45, 7) is 0. The SMILES string of the molecule is Oc1cccc2c1CCC2Nc1cc(F)cc(Cl)c1. The van der Waals surface area contributed by atoms with Crippen molar-refractivity contribution in [3.63, 3.8) is 0 Å². The number of benzene rings is 2. The molecular formula is C15H13ClFNO. The second kappa shape index (κ2) is 4.74. The Morgan fingerprint density at radius 2 is 2.11 bits per heavy atom. The molecule has 19 heavy (non-hydrogen) atoms. The van der Waals surface area contributed by atoms with Crippen LogP contribution in [-0.2, 0) is 6.42 Å². The van der Waals surface area contributed by atoms with Gasteiger partial charge in [0.1, 0.15) is 11.6 Å². The van der Waals surface area contributed by atoms with Gasteiger partial charge in [-0.1, -0.05) is 23.7 Å². The number of aromatic hydroxyl groups is 1. The van der Waals surface area contributed by atoms with Gasteiger partial charge in [0.25, 0.3) is 0 Å². The molecule has 0 saturated heterocycles. The summed E-state index contributed by atoms with van der Waals surface area (Å²) in [5, 5.41) is 13.4. The van der Waals surface area contributed by atoms with E-state index in [0.29, 0.717) is 16.5 Å². The largest absolute Gasteiger partial charge is 0.508 e. The number of hydrogen-bond acceptors (Lipinski definition) is 2. The number of nitrogens with one attached hydrogen (secondary N) is 1. The third-order valence-corrected chi connectivity index (χ3v) is 3.67. The summed E-state index contributed by atoms with van der Waals surface area (Å²) in [7, 11) is 0. The quantitative estimate of drug-likeness (QED) is 0.858. The van der Waals surface area contributed by atoms with Crippen molar-refractivity contribution in [1.82, 2.24) is 0 Å². The molecule has 0 fully saturated rings. The lowest BCUT2D eigenvalue weighted by Crippen LogP contribution is -2.07. The third kappa shape index (κ3) is 2.38. The number of rotatable bonds is 2. The molecule has 0 aromatic heterocycles. The van der Waals surface area contributed by atoms with E-state index in [0.717, 1.165) is 24.0 Å². The fourth-order valence-electron chi connectivity index (χ4n) is 2.62. The zero-order valence-corrected chi connectivity index (χ0v) is 10.9. The first-order valence-electron chi connectivity index (χ1n) is 6.17. The van der Waals surface area contributed by atoms with E-state index < -0.39 is 0 Å². The molecule has 2 N–H and O–H groups in total. The van der Waals surface area contributed by atoms with Crippen LogP contribution in [-0.4, -0.2) is 5.11 Å². The maximum absolute atomic E-state index is 13.3. The Bertz CT molecular complexity index is 609. The van der Waals surface area contributed by atoms with Crippen LogP contribution in [0.2, 0.25) is 5.02 Å². The number of halogens is 2. The number of phenols is 1. The van der Waals surface area contributed by atoms with E-state index in [4.69, 9.17) is 11.6 Å². The number of phenolic OH excluding ortho intramolecular Hbond substituents is 1. The van der Waals surface area contributed by atoms with Crippen LogP contribution in [0.5, 0.6) is 5.75 Å². The molecule has 2 aromatic rings. The van der Waals surface area contributed by atoms with Gasteiger partial charge in [0.05, 0.1) is 6.04 Å². The van der Waals surface area contributed by atoms with Crippen molar-refractivity contribution in [3.8, 4) is 5.75 Å². The zero-order chi connectivity index (χ0) is 13.4. The topological polar surface area (TPSA) is 32.3 Å². The van der Waals surface area contributed by atoms with E-state index in [1.807, 2.05) is 12.1 Å². The van der Waals surface area contributed by atoms with Gasteiger partial charge in [0.15, 0.2) is 0 Å². The molecule has 1 aliphatic rings. The molecule has 0 spiro atoms. The number of fused-ring (bicyclic) bond motifs is 1. The lowest BCUT2D eigenvalue weighted by Gasteiger charge is -2.16. The first kappa shape index (κ1) is 12.3. The van der Waals surface area contributed by atoms with Crippen molar-refractivity contribution < 1.29 is 9.50 Å². The Kier molecular flexibility index (Phi) is 3.07. The van der Waals surface area contributed by atoms with Crippen molar-refractivity contribution in [2.24, 2.45) is 0 Å². The molecule has 1 atom stereocenters. The average Bonchev–Trinajstić information content (AvgIpc) is 2.73. The minimum Gasteiger partial charge on any atom is -0.508 e. The van der Waals surface area contributed by atoms with Crippen LogP contribution in [0.1, 0.15) is 23.6 Å². The normalized spacial score (nSPS) is 17.3. The second-order valence-corrected chi connectivity index (χ2v) is 5.18. The second-order valence-electron chi connectivity index (χ2n) is 4.74. The lowest BCUT2D eigenvalue weighted by molar-refractivity contribution is 0.469. The fraction of sp³-hybridized carbons (Fsp3) is 0.200. The van der Waals surface area contributed by atoms with Gasteiger partial charge >= 0.3 is 0 Å². The Morgan fingerprint density at radius 3 is 2.89 bits per heavy atom. The molecule has 4 heteroatoms. The molecule has 1 unspecified atom stereocenters. The van der Waals surface area contributed by atoms with Crippen LogP contribution in [0.25, 0.3) is 0 Å². The molecular weight excluding hydrogens is 265 g/mol. The molecule has 0 heterocycles. The highest BCUT2D eigenvalue weighted by atomic mass is 35.5. The van der Waals surface area contributed by atoms with Gasteiger partial charge in [-0.05, 0) is 48.2 Å². The van der Waals surface area contributed by atoms with Crippen LogP contribution < -0.4 is 5.32 Å². The summed E-state index contributed by atoms with van der Waals surface area (Å²) in [4.78, 5) is 0. The summed E-state index contributed by atoms with van der Waals surface area (Å²) in [5.74, 6) is -0.0248. The molecule has 0 bridgehead atoms. The van der Waals surface area contributed by atoms with Crippen molar-refractivity contribution in [1.29, 1.82) is 0 Å². The summed E-state index contributed by atoms with van der Waals surface area (Å²) < 4.78 is 13.3. The van der Waals surface area contributed by atoms with E-state index in [9.17, 15) is 9.50 Å². The predicted octanol–water partition coefficient (Wildman–Crippen LogP) is 4.28. The van der Waals surface area contributed by atoms with Gasteiger partial charge in [-0.3, -0.25) is 0 Å². The van der Waals surface area contributed by atoms with Crippen LogP contribution in [0.15, 0.2) is 36.4 Å². The number of hydrogen-bond donors (Lipinski definition) is 2. The zero-order valence-electron chi connectivity index (χ0n) is 10.2. The Morgan fingerprint density at radius 1 is 1.26 bits per heavy atom. The minimum absolute atomic E-state index is 0.0833. The van der Waals surface area contributed by atoms with Crippen molar-refractivity contribution in [2.45, 2.75) is 18.9 Å². The smallest absolute Gasteiger partial charge is 0.126 e. The van der Waals surface area contributed by atoms with Gasteiger partial charge < -0.3 is 10.4 Å². The van der Waals surface area contributed by atoms with E-state index in [2.05, 4.69) is 5.32 Å². The maximum Gasteiger partial charge on any atom is 0.126 e.